The summed E-state index contributed by atoms with van der Waals surface area (Å²) in [5, 5.41) is 11.9. The first-order valence-electron chi connectivity index (χ1n) is 6.19. The zero-order chi connectivity index (χ0) is 14.1. The van der Waals surface area contributed by atoms with Crippen LogP contribution in [0, 0.1) is 11.3 Å². The first kappa shape index (κ1) is 13.0. The summed E-state index contributed by atoms with van der Waals surface area (Å²) in [7, 11) is 0. The van der Waals surface area contributed by atoms with Gasteiger partial charge in [-0.1, -0.05) is 0 Å². The zero-order valence-corrected chi connectivity index (χ0v) is 12.1. The summed E-state index contributed by atoms with van der Waals surface area (Å²) in [6.07, 6.45) is 3.52. The third-order valence-electron chi connectivity index (χ3n) is 3.04. The second-order valence-corrected chi connectivity index (χ2v) is 5.51. The molecule has 0 unspecified atom stereocenters. The van der Waals surface area contributed by atoms with Crippen molar-refractivity contribution in [2.24, 2.45) is 0 Å². The number of rotatable bonds is 3. The third kappa shape index (κ3) is 2.63. The van der Waals surface area contributed by atoms with Crippen molar-refractivity contribution in [3.8, 4) is 17.6 Å². The van der Waals surface area contributed by atoms with E-state index in [0.29, 0.717) is 17.1 Å². The maximum Gasteiger partial charge on any atom is 0.262 e. The Bertz CT molecular complexity index is 645. The first-order chi connectivity index (χ1) is 9.67. The molecule has 1 fully saturated rings. The van der Waals surface area contributed by atoms with Crippen LogP contribution in [0.25, 0.3) is 6.08 Å². The molecule has 6 heteroatoms. The van der Waals surface area contributed by atoms with Gasteiger partial charge in [-0.15, -0.1) is 0 Å². The van der Waals surface area contributed by atoms with Crippen LogP contribution >= 0.6 is 15.9 Å². The molecule has 1 aromatic carbocycles. The van der Waals surface area contributed by atoms with E-state index in [-0.39, 0.29) is 24.3 Å². The Labute approximate surface area is 124 Å². The molecule has 0 bridgehead atoms. The molecule has 1 aliphatic heterocycles. The van der Waals surface area contributed by atoms with Crippen LogP contribution < -0.4 is 14.8 Å². The Morgan fingerprint density at radius 1 is 1.45 bits per heavy atom. The van der Waals surface area contributed by atoms with E-state index in [1.54, 1.807) is 18.2 Å². The summed E-state index contributed by atoms with van der Waals surface area (Å²) in [5.74, 6) is 0.914. The number of carbonyl (C=O) groups excluding carboxylic acids is 1. The minimum atomic E-state index is -0.330. The van der Waals surface area contributed by atoms with Crippen LogP contribution in [-0.2, 0) is 4.79 Å². The fourth-order valence-corrected chi connectivity index (χ4v) is 2.45. The predicted molar refractivity (Wildman–Crippen MR) is 75.0 cm³/mol. The predicted octanol–water partition coefficient (Wildman–Crippen LogP) is 2.36. The number of nitrogens with zero attached hydrogens (tertiary/aromatic N) is 1. The molecule has 0 radical (unpaired) electrons. The molecule has 0 aromatic heterocycles. The number of benzene rings is 1. The number of hydrogen-bond donors (Lipinski definition) is 1. The number of amides is 1. The van der Waals surface area contributed by atoms with Crippen molar-refractivity contribution in [2.75, 3.05) is 6.79 Å². The van der Waals surface area contributed by atoms with Gasteiger partial charge in [-0.3, -0.25) is 4.79 Å². The molecule has 1 heterocycles. The minimum absolute atomic E-state index is 0.0858. The Balaban J connectivity index is 1.87. The second-order valence-electron chi connectivity index (χ2n) is 4.65. The fraction of sp³-hybridized carbons (Fsp3) is 0.286. The molecule has 1 N–H and O–H groups in total. The van der Waals surface area contributed by atoms with Crippen molar-refractivity contribution in [3.63, 3.8) is 0 Å². The van der Waals surface area contributed by atoms with Gasteiger partial charge in [0.05, 0.1) is 4.47 Å². The lowest BCUT2D eigenvalue weighted by Crippen LogP contribution is -2.26. The molecule has 20 heavy (non-hydrogen) atoms. The van der Waals surface area contributed by atoms with Crippen LogP contribution in [0.2, 0.25) is 0 Å². The van der Waals surface area contributed by atoms with E-state index < -0.39 is 0 Å². The van der Waals surface area contributed by atoms with Gasteiger partial charge in [-0.25, -0.2) is 0 Å². The normalized spacial score (nSPS) is 16.7. The molecule has 1 aliphatic carbocycles. The average Bonchev–Trinajstić information content (AvgIpc) is 3.10. The highest BCUT2D eigenvalue weighted by molar-refractivity contribution is 9.10. The van der Waals surface area contributed by atoms with Crippen LogP contribution in [0.1, 0.15) is 18.4 Å². The van der Waals surface area contributed by atoms with E-state index in [0.717, 1.165) is 17.3 Å². The fourth-order valence-electron chi connectivity index (χ4n) is 1.88. The first-order valence-corrected chi connectivity index (χ1v) is 6.98. The Hall–Kier alpha value is -2.00. The molecule has 2 aliphatic rings. The highest BCUT2D eigenvalue weighted by Crippen LogP contribution is 2.40. The number of carbonyl (C=O) groups is 1. The van der Waals surface area contributed by atoms with Crippen LogP contribution in [0.5, 0.6) is 11.5 Å². The number of hydrogen-bond acceptors (Lipinski definition) is 4. The molecule has 1 saturated carbocycles. The second kappa shape index (κ2) is 5.17. The number of halogens is 1. The number of nitrogens with one attached hydrogen (secondary N) is 1. The molecule has 102 valence electrons. The van der Waals surface area contributed by atoms with E-state index in [2.05, 4.69) is 21.2 Å². The summed E-state index contributed by atoms with van der Waals surface area (Å²) in [5.41, 5.74) is 0.797. The molecule has 1 aromatic rings. The van der Waals surface area contributed by atoms with Gasteiger partial charge in [0.2, 0.25) is 6.79 Å². The molecule has 0 atom stereocenters. The summed E-state index contributed by atoms with van der Waals surface area (Å²) in [6.45, 7) is 0.175. The maximum atomic E-state index is 11.9. The lowest BCUT2D eigenvalue weighted by Gasteiger charge is -2.04. The SMILES string of the molecule is N#C/C(=C\c1cc(Br)c2c(c1)OCO2)C(=O)NC1CC1. The molecule has 5 nitrogen and oxygen atoms in total. The highest BCUT2D eigenvalue weighted by Gasteiger charge is 2.25. The van der Waals surface area contributed by atoms with Crippen molar-refractivity contribution in [3.05, 3.63) is 27.7 Å². The van der Waals surface area contributed by atoms with Gasteiger partial charge < -0.3 is 14.8 Å². The smallest absolute Gasteiger partial charge is 0.262 e. The Morgan fingerprint density at radius 3 is 2.95 bits per heavy atom. The van der Waals surface area contributed by atoms with E-state index >= 15 is 0 Å². The average molecular weight is 335 g/mol. The monoisotopic (exact) mass is 334 g/mol. The summed E-state index contributed by atoms with van der Waals surface area (Å²) in [4.78, 5) is 11.9. The summed E-state index contributed by atoms with van der Waals surface area (Å²) in [6, 6.07) is 5.69. The van der Waals surface area contributed by atoms with Gasteiger partial charge in [0.1, 0.15) is 11.6 Å². The molecular formula is C14H11BrN2O3. The standard InChI is InChI=1S/C14H11BrN2O3/c15-11-4-8(5-12-13(11)20-7-19-12)3-9(6-16)14(18)17-10-1-2-10/h3-5,10H,1-2,7H2,(H,17,18)/b9-3+. The van der Waals surface area contributed by atoms with Crippen LogP contribution in [0.4, 0.5) is 0 Å². The molecule has 0 saturated heterocycles. The largest absolute Gasteiger partial charge is 0.454 e. The molecule has 0 spiro atoms. The van der Waals surface area contributed by atoms with Gasteiger partial charge in [-0.2, -0.15) is 5.26 Å². The van der Waals surface area contributed by atoms with Crippen molar-refractivity contribution in [1.29, 1.82) is 5.26 Å². The van der Waals surface area contributed by atoms with Crippen LogP contribution in [0.15, 0.2) is 22.2 Å². The van der Waals surface area contributed by atoms with E-state index in [1.165, 1.54) is 0 Å². The molecule has 1 amide bonds. The van der Waals surface area contributed by atoms with Gasteiger partial charge >= 0.3 is 0 Å². The van der Waals surface area contributed by atoms with E-state index in [9.17, 15) is 4.79 Å². The van der Waals surface area contributed by atoms with E-state index in [4.69, 9.17) is 14.7 Å². The minimum Gasteiger partial charge on any atom is -0.454 e. The van der Waals surface area contributed by atoms with Gasteiger partial charge in [0.25, 0.3) is 5.91 Å². The third-order valence-corrected chi connectivity index (χ3v) is 3.63. The van der Waals surface area contributed by atoms with Gasteiger partial charge in [0, 0.05) is 6.04 Å². The molecular weight excluding hydrogens is 324 g/mol. The number of ether oxygens (including phenoxy) is 2. The lowest BCUT2D eigenvalue weighted by molar-refractivity contribution is -0.117. The van der Waals surface area contributed by atoms with Crippen LogP contribution in [0.3, 0.4) is 0 Å². The van der Waals surface area contributed by atoms with Crippen molar-refractivity contribution < 1.29 is 14.3 Å². The Kier molecular flexibility index (Phi) is 3.36. The van der Waals surface area contributed by atoms with Gasteiger partial charge in [0.15, 0.2) is 11.5 Å². The Morgan fingerprint density at radius 2 is 2.25 bits per heavy atom. The van der Waals surface area contributed by atoms with Crippen LogP contribution in [-0.4, -0.2) is 18.7 Å². The lowest BCUT2D eigenvalue weighted by atomic mass is 10.1. The quantitative estimate of drug-likeness (QED) is 0.680. The number of nitriles is 1. The topological polar surface area (TPSA) is 71.3 Å². The van der Waals surface area contributed by atoms with E-state index in [1.807, 2.05) is 6.07 Å². The van der Waals surface area contributed by atoms with Gasteiger partial charge in [-0.05, 0) is 52.5 Å². The number of fused-ring (bicyclic) bond motifs is 1. The maximum absolute atomic E-state index is 11.9. The van der Waals surface area contributed by atoms with Crippen molar-refractivity contribution in [1.82, 2.24) is 5.32 Å². The molecule has 3 rings (SSSR count). The summed E-state index contributed by atoms with van der Waals surface area (Å²) < 4.78 is 11.3. The zero-order valence-electron chi connectivity index (χ0n) is 10.5. The summed E-state index contributed by atoms with van der Waals surface area (Å²) >= 11 is 3.38. The highest BCUT2D eigenvalue weighted by atomic mass is 79.9. The van der Waals surface area contributed by atoms with Crippen molar-refractivity contribution >= 4 is 27.9 Å². The van der Waals surface area contributed by atoms with Crippen molar-refractivity contribution in [2.45, 2.75) is 18.9 Å².